The van der Waals surface area contributed by atoms with Crippen molar-refractivity contribution in [1.82, 2.24) is 10.3 Å². The van der Waals surface area contributed by atoms with Gasteiger partial charge in [-0.25, -0.2) is 0 Å². The van der Waals surface area contributed by atoms with Crippen LogP contribution in [0.2, 0.25) is 0 Å². The number of hydrogen-bond acceptors (Lipinski definition) is 3. The Kier molecular flexibility index (Phi) is 3.93. The maximum absolute atomic E-state index is 11.3. The van der Waals surface area contributed by atoms with Gasteiger partial charge in [0.05, 0.1) is 0 Å². The van der Waals surface area contributed by atoms with E-state index in [-0.39, 0.29) is 24.3 Å². The first-order chi connectivity index (χ1) is 7.24. The third kappa shape index (κ3) is 3.53. The number of hydrogen-bond donors (Lipinski definition) is 2. The zero-order valence-corrected chi connectivity index (χ0v) is 7.80. The summed E-state index contributed by atoms with van der Waals surface area (Å²) >= 11 is 0. The molecule has 0 fully saturated rings. The standard InChI is InChI=1S/C8H9N5O2/c9-13-11-5-4-10-8(15)6-2-1-3-7(14)12-6/h1-3H,4-5H2,(H,10,15)(H,12,14). The predicted molar refractivity (Wildman–Crippen MR) is 53.4 cm³/mol. The Hall–Kier alpha value is -2.27. The maximum Gasteiger partial charge on any atom is 0.267 e. The first-order valence-corrected chi connectivity index (χ1v) is 4.22. The van der Waals surface area contributed by atoms with E-state index >= 15 is 0 Å². The molecular weight excluding hydrogens is 198 g/mol. The van der Waals surface area contributed by atoms with Crippen LogP contribution in [0, 0.1) is 0 Å². The minimum Gasteiger partial charge on any atom is -0.351 e. The van der Waals surface area contributed by atoms with Gasteiger partial charge in [-0.05, 0) is 11.6 Å². The number of amides is 1. The van der Waals surface area contributed by atoms with E-state index in [4.69, 9.17) is 5.53 Å². The van der Waals surface area contributed by atoms with Gasteiger partial charge in [0.2, 0.25) is 5.56 Å². The Bertz CT molecular complexity index is 446. The van der Waals surface area contributed by atoms with Gasteiger partial charge in [0.15, 0.2) is 0 Å². The first-order valence-electron chi connectivity index (χ1n) is 4.22. The summed E-state index contributed by atoms with van der Waals surface area (Å²) in [6, 6.07) is 4.29. The molecule has 15 heavy (non-hydrogen) atoms. The highest BCUT2D eigenvalue weighted by Crippen LogP contribution is 1.88. The summed E-state index contributed by atoms with van der Waals surface area (Å²) < 4.78 is 0. The number of rotatable bonds is 4. The van der Waals surface area contributed by atoms with E-state index in [1.165, 1.54) is 18.2 Å². The van der Waals surface area contributed by atoms with Crippen LogP contribution in [0.4, 0.5) is 0 Å². The van der Waals surface area contributed by atoms with Crippen LogP contribution in [0.5, 0.6) is 0 Å². The largest absolute Gasteiger partial charge is 0.351 e. The number of aromatic amines is 1. The third-order valence-electron chi connectivity index (χ3n) is 1.57. The molecule has 1 heterocycles. The Morgan fingerprint density at radius 2 is 2.40 bits per heavy atom. The highest BCUT2D eigenvalue weighted by atomic mass is 16.2. The fourth-order valence-electron chi connectivity index (χ4n) is 0.940. The summed E-state index contributed by atoms with van der Waals surface area (Å²) in [5.41, 5.74) is 7.83. The van der Waals surface area contributed by atoms with Crippen LogP contribution < -0.4 is 10.9 Å². The van der Waals surface area contributed by atoms with Crippen molar-refractivity contribution in [3.8, 4) is 0 Å². The maximum atomic E-state index is 11.3. The second-order valence-electron chi connectivity index (χ2n) is 2.64. The second kappa shape index (κ2) is 5.46. The molecule has 0 aliphatic carbocycles. The van der Waals surface area contributed by atoms with E-state index in [2.05, 4.69) is 20.3 Å². The molecule has 0 radical (unpaired) electrons. The van der Waals surface area contributed by atoms with Crippen LogP contribution in [-0.4, -0.2) is 24.0 Å². The molecule has 0 aliphatic heterocycles. The van der Waals surface area contributed by atoms with Gasteiger partial charge in [0.25, 0.3) is 5.91 Å². The fourth-order valence-corrected chi connectivity index (χ4v) is 0.940. The van der Waals surface area contributed by atoms with Crippen molar-refractivity contribution < 1.29 is 4.79 Å². The fraction of sp³-hybridized carbons (Fsp3) is 0.250. The van der Waals surface area contributed by atoms with Crippen LogP contribution in [0.25, 0.3) is 10.4 Å². The normalized spacial score (nSPS) is 9.07. The molecule has 0 bridgehead atoms. The number of carbonyl (C=O) groups excluding carboxylic acids is 1. The van der Waals surface area contributed by atoms with E-state index in [9.17, 15) is 9.59 Å². The SMILES string of the molecule is [N-]=[N+]=NCCNC(=O)c1cccc(=O)[nH]1. The van der Waals surface area contributed by atoms with Crippen molar-refractivity contribution in [1.29, 1.82) is 0 Å². The van der Waals surface area contributed by atoms with Crippen LogP contribution in [0.3, 0.4) is 0 Å². The molecule has 1 amide bonds. The van der Waals surface area contributed by atoms with E-state index < -0.39 is 5.91 Å². The molecule has 1 rings (SSSR count). The van der Waals surface area contributed by atoms with Gasteiger partial charge in [-0.3, -0.25) is 9.59 Å². The van der Waals surface area contributed by atoms with Crippen molar-refractivity contribution in [3.05, 3.63) is 44.7 Å². The van der Waals surface area contributed by atoms with Gasteiger partial charge < -0.3 is 10.3 Å². The molecule has 0 saturated heterocycles. The van der Waals surface area contributed by atoms with Gasteiger partial charge >= 0.3 is 0 Å². The van der Waals surface area contributed by atoms with Crippen molar-refractivity contribution >= 4 is 5.91 Å². The Balaban J connectivity index is 2.54. The molecule has 0 unspecified atom stereocenters. The summed E-state index contributed by atoms with van der Waals surface area (Å²) in [4.78, 5) is 27.1. The first kappa shape index (κ1) is 10.8. The summed E-state index contributed by atoms with van der Waals surface area (Å²) in [5.74, 6) is -0.402. The lowest BCUT2D eigenvalue weighted by Crippen LogP contribution is -2.28. The lowest BCUT2D eigenvalue weighted by atomic mass is 10.3. The molecule has 1 aromatic rings. The minimum absolute atomic E-state index is 0.180. The van der Waals surface area contributed by atoms with Crippen molar-refractivity contribution in [2.24, 2.45) is 5.11 Å². The molecule has 7 nitrogen and oxygen atoms in total. The van der Waals surface area contributed by atoms with Crippen LogP contribution in [-0.2, 0) is 0 Å². The van der Waals surface area contributed by atoms with Gasteiger partial charge in [-0.2, -0.15) is 0 Å². The summed E-state index contributed by atoms with van der Waals surface area (Å²) in [6.07, 6.45) is 0. The number of carbonyl (C=O) groups is 1. The molecule has 0 spiro atoms. The van der Waals surface area contributed by atoms with E-state index in [1.54, 1.807) is 0 Å². The zero-order chi connectivity index (χ0) is 11.1. The lowest BCUT2D eigenvalue weighted by molar-refractivity contribution is 0.0949. The molecule has 7 heteroatoms. The van der Waals surface area contributed by atoms with Crippen molar-refractivity contribution in [2.75, 3.05) is 13.1 Å². The highest BCUT2D eigenvalue weighted by Gasteiger charge is 2.03. The molecule has 1 aromatic heterocycles. The predicted octanol–water partition coefficient (Wildman–Crippen LogP) is 0.415. The number of H-pyrrole nitrogens is 1. The number of aromatic nitrogens is 1. The average molecular weight is 207 g/mol. The monoisotopic (exact) mass is 207 g/mol. The van der Waals surface area contributed by atoms with E-state index in [0.717, 1.165) is 0 Å². The average Bonchev–Trinajstić information content (AvgIpc) is 2.24. The molecule has 0 atom stereocenters. The molecule has 0 aromatic carbocycles. The zero-order valence-electron chi connectivity index (χ0n) is 7.80. The van der Waals surface area contributed by atoms with E-state index in [0.29, 0.717) is 0 Å². The van der Waals surface area contributed by atoms with Crippen molar-refractivity contribution in [2.45, 2.75) is 0 Å². The van der Waals surface area contributed by atoms with Crippen LogP contribution in [0.15, 0.2) is 28.1 Å². The number of nitrogens with one attached hydrogen (secondary N) is 2. The Labute approximate surface area is 84.8 Å². The highest BCUT2D eigenvalue weighted by molar-refractivity contribution is 5.92. The van der Waals surface area contributed by atoms with Gasteiger partial charge in [-0.1, -0.05) is 11.2 Å². The number of pyridine rings is 1. The quantitative estimate of drug-likeness (QED) is 0.322. The third-order valence-corrected chi connectivity index (χ3v) is 1.57. The summed E-state index contributed by atoms with van der Waals surface area (Å²) in [7, 11) is 0. The van der Waals surface area contributed by atoms with Crippen molar-refractivity contribution in [3.63, 3.8) is 0 Å². The van der Waals surface area contributed by atoms with Gasteiger partial charge in [0, 0.05) is 24.1 Å². The van der Waals surface area contributed by atoms with Gasteiger partial charge in [-0.15, -0.1) is 0 Å². The Morgan fingerprint density at radius 3 is 3.07 bits per heavy atom. The molecule has 2 N–H and O–H groups in total. The Morgan fingerprint density at radius 1 is 1.60 bits per heavy atom. The summed E-state index contributed by atoms with van der Waals surface area (Å²) in [6.45, 7) is 0.416. The van der Waals surface area contributed by atoms with Crippen LogP contribution in [0.1, 0.15) is 10.5 Å². The number of nitrogens with zero attached hydrogens (tertiary/aromatic N) is 3. The molecular formula is C8H9N5O2. The van der Waals surface area contributed by atoms with Gasteiger partial charge in [0.1, 0.15) is 5.69 Å². The molecule has 0 saturated carbocycles. The lowest BCUT2D eigenvalue weighted by Gasteiger charge is -2.01. The molecule has 78 valence electrons. The smallest absolute Gasteiger partial charge is 0.267 e. The number of azide groups is 1. The minimum atomic E-state index is -0.402. The summed E-state index contributed by atoms with van der Waals surface area (Å²) in [5, 5.41) is 5.74. The van der Waals surface area contributed by atoms with Crippen LogP contribution >= 0.6 is 0 Å². The second-order valence-corrected chi connectivity index (χ2v) is 2.64. The molecule has 0 aliphatic rings. The van der Waals surface area contributed by atoms with E-state index in [1.807, 2.05) is 0 Å². The topological polar surface area (TPSA) is 111 Å².